The third-order valence-corrected chi connectivity index (χ3v) is 4.75. The Morgan fingerprint density at radius 2 is 2.38 bits per heavy atom. The van der Waals surface area contributed by atoms with Gasteiger partial charge in [-0.15, -0.1) is 0 Å². The van der Waals surface area contributed by atoms with Crippen LogP contribution in [0, 0.1) is 11.3 Å². The van der Waals surface area contributed by atoms with Gasteiger partial charge in [0, 0.05) is 18.3 Å². The Morgan fingerprint density at radius 3 is 2.85 bits per heavy atom. The molecule has 1 saturated heterocycles. The lowest BCUT2D eigenvalue weighted by atomic mass is 10.4. The number of nitriles is 1. The average molecular weight is 220 g/mol. The van der Waals surface area contributed by atoms with Gasteiger partial charge >= 0.3 is 0 Å². The third-order valence-electron chi connectivity index (χ3n) is 2.08. The molecular weight excluding hydrogens is 208 g/mol. The molecular formula is C7H12N2O2S2. The molecule has 0 saturated carbocycles. The van der Waals surface area contributed by atoms with Gasteiger partial charge in [-0.25, -0.2) is 8.42 Å². The first-order valence-corrected chi connectivity index (χ1v) is 6.87. The molecule has 0 radical (unpaired) electrons. The minimum Gasteiger partial charge on any atom is -0.211 e. The van der Waals surface area contributed by atoms with Gasteiger partial charge in [0.25, 0.3) is 0 Å². The minimum atomic E-state index is -3.29. The van der Waals surface area contributed by atoms with Crippen molar-refractivity contribution in [3.63, 3.8) is 0 Å². The number of rotatable bonds is 3. The van der Waals surface area contributed by atoms with Gasteiger partial charge in [0.05, 0.1) is 6.07 Å². The summed E-state index contributed by atoms with van der Waals surface area (Å²) in [6, 6.07) is 1.68. The molecule has 6 heteroatoms. The molecule has 0 bridgehead atoms. The predicted molar refractivity (Wildman–Crippen MR) is 52.9 cm³/mol. The minimum absolute atomic E-state index is 0.395. The monoisotopic (exact) mass is 220 g/mol. The standard InChI is InChI=1S/C7H12N2O2S2/c1-12-7-2-4-9(6-7)13(10,11)5-3-8/h7H,2,4-6H2,1H3. The molecule has 1 fully saturated rings. The van der Waals surface area contributed by atoms with E-state index in [0.29, 0.717) is 18.3 Å². The van der Waals surface area contributed by atoms with E-state index in [4.69, 9.17) is 5.26 Å². The van der Waals surface area contributed by atoms with Gasteiger partial charge < -0.3 is 0 Å². The van der Waals surface area contributed by atoms with Crippen molar-refractivity contribution in [3.8, 4) is 6.07 Å². The average Bonchev–Trinajstić information content (AvgIpc) is 2.52. The van der Waals surface area contributed by atoms with Gasteiger partial charge in [0.1, 0.15) is 0 Å². The van der Waals surface area contributed by atoms with Crippen molar-refractivity contribution in [2.45, 2.75) is 11.7 Å². The van der Waals surface area contributed by atoms with Crippen LogP contribution in [0.15, 0.2) is 0 Å². The first-order valence-electron chi connectivity index (χ1n) is 3.97. The summed E-state index contributed by atoms with van der Waals surface area (Å²) in [5, 5.41) is 8.72. The van der Waals surface area contributed by atoms with Gasteiger partial charge in [0.2, 0.25) is 10.0 Å². The first-order chi connectivity index (χ1) is 6.10. The Balaban J connectivity index is 2.61. The molecule has 4 nitrogen and oxygen atoms in total. The largest absolute Gasteiger partial charge is 0.227 e. The number of sulfonamides is 1. The van der Waals surface area contributed by atoms with Crippen LogP contribution in [-0.4, -0.2) is 43.1 Å². The topological polar surface area (TPSA) is 61.2 Å². The molecule has 0 aromatic carbocycles. The van der Waals surface area contributed by atoms with Crippen LogP contribution in [0.2, 0.25) is 0 Å². The number of hydrogen-bond donors (Lipinski definition) is 0. The Morgan fingerprint density at radius 1 is 1.69 bits per heavy atom. The Labute approximate surface area is 83.0 Å². The van der Waals surface area contributed by atoms with Gasteiger partial charge in [-0.3, -0.25) is 0 Å². The second-order valence-corrected chi connectivity index (χ2v) is 6.03. The summed E-state index contributed by atoms with van der Waals surface area (Å²) >= 11 is 1.68. The zero-order chi connectivity index (χ0) is 9.90. The smallest absolute Gasteiger partial charge is 0.211 e. The fourth-order valence-electron chi connectivity index (χ4n) is 1.32. The van der Waals surface area contributed by atoms with Gasteiger partial charge in [-0.1, -0.05) is 0 Å². The van der Waals surface area contributed by atoms with Crippen LogP contribution < -0.4 is 0 Å². The molecule has 0 aliphatic carbocycles. The van der Waals surface area contributed by atoms with Crippen molar-refractivity contribution in [1.82, 2.24) is 4.31 Å². The van der Waals surface area contributed by atoms with E-state index in [2.05, 4.69) is 0 Å². The molecule has 1 atom stereocenters. The third kappa shape index (κ3) is 2.59. The van der Waals surface area contributed by atoms with Crippen LogP contribution in [-0.2, 0) is 10.0 Å². The fourth-order valence-corrected chi connectivity index (χ4v) is 3.22. The molecule has 0 spiro atoms. The molecule has 0 amide bonds. The van der Waals surface area contributed by atoms with Crippen molar-refractivity contribution >= 4 is 21.8 Å². The quantitative estimate of drug-likeness (QED) is 0.685. The molecule has 74 valence electrons. The fraction of sp³-hybridized carbons (Fsp3) is 0.857. The summed E-state index contributed by atoms with van der Waals surface area (Å²) in [5.41, 5.74) is 0. The summed E-state index contributed by atoms with van der Waals surface area (Å²) in [4.78, 5) is 0. The van der Waals surface area contributed by atoms with E-state index in [1.807, 2.05) is 6.26 Å². The van der Waals surface area contributed by atoms with E-state index >= 15 is 0 Å². The maximum atomic E-state index is 11.4. The molecule has 13 heavy (non-hydrogen) atoms. The van der Waals surface area contributed by atoms with Crippen molar-refractivity contribution in [2.24, 2.45) is 0 Å². The van der Waals surface area contributed by atoms with Crippen molar-refractivity contribution in [3.05, 3.63) is 0 Å². The van der Waals surface area contributed by atoms with Crippen LogP contribution >= 0.6 is 11.8 Å². The Bertz CT molecular complexity index is 307. The van der Waals surface area contributed by atoms with E-state index in [9.17, 15) is 8.42 Å². The van der Waals surface area contributed by atoms with E-state index in [0.717, 1.165) is 6.42 Å². The maximum Gasteiger partial charge on any atom is 0.227 e. The summed E-state index contributed by atoms with van der Waals surface area (Å²) in [7, 11) is -3.29. The SMILES string of the molecule is CSC1CCN(S(=O)(=O)CC#N)C1. The van der Waals surface area contributed by atoms with Crippen LogP contribution in [0.5, 0.6) is 0 Å². The Kier molecular flexibility index (Phi) is 3.59. The number of hydrogen-bond acceptors (Lipinski definition) is 4. The van der Waals surface area contributed by atoms with Gasteiger partial charge in [-0.2, -0.15) is 21.3 Å². The van der Waals surface area contributed by atoms with Crippen LogP contribution in [0.1, 0.15) is 6.42 Å². The van der Waals surface area contributed by atoms with Gasteiger partial charge in [0.15, 0.2) is 5.75 Å². The van der Waals surface area contributed by atoms with Crippen LogP contribution in [0.25, 0.3) is 0 Å². The van der Waals surface area contributed by atoms with Crippen molar-refractivity contribution in [2.75, 3.05) is 25.1 Å². The molecule has 1 aliphatic rings. The summed E-state index contributed by atoms with van der Waals surface area (Å²) in [6.07, 6.45) is 2.87. The van der Waals surface area contributed by atoms with Crippen molar-refractivity contribution in [1.29, 1.82) is 5.26 Å². The van der Waals surface area contributed by atoms with E-state index in [1.165, 1.54) is 4.31 Å². The lowest BCUT2D eigenvalue weighted by Gasteiger charge is -2.13. The zero-order valence-electron chi connectivity index (χ0n) is 7.43. The molecule has 1 rings (SSSR count). The zero-order valence-corrected chi connectivity index (χ0v) is 9.07. The second kappa shape index (κ2) is 4.31. The van der Waals surface area contributed by atoms with Crippen LogP contribution in [0.3, 0.4) is 0 Å². The van der Waals surface area contributed by atoms with Crippen molar-refractivity contribution < 1.29 is 8.42 Å². The highest BCUT2D eigenvalue weighted by atomic mass is 32.2. The lowest BCUT2D eigenvalue weighted by Crippen LogP contribution is -2.30. The molecule has 0 N–H and O–H groups in total. The van der Waals surface area contributed by atoms with E-state index in [-0.39, 0.29) is 0 Å². The molecule has 0 aromatic rings. The lowest BCUT2D eigenvalue weighted by molar-refractivity contribution is 0.481. The van der Waals surface area contributed by atoms with Gasteiger partial charge in [-0.05, 0) is 12.7 Å². The first kappa shape index (κ1) is 10.8. The maximum absolute atomic E-state index is 11.4. The van der Waals surface area contributed by atoms with Crippen LogP contribution in [0.4, 0.5) is 0 Å². The summed E-state index contributed by atoms with van der Waals surface area (Å²) in [5.74, 6) is -0.395. The molecule has 1 aliphatic heterocycles. The van der Waals surface area contributed by atoms with E-state index in [1.54, 1.807) is 17.8 Å². The Hall–Kier alpha value is -0.250. The predicted octanol–water partition coefficient (Wildman–Crippen LogP) is 0.277. The number of nitrogens with zero attached hydrogens (tertiary/aromatic N) is 2. The van der Waals surface area contributed by atoms with E-state index < -0.39 is 15.8 Å². The highest BCUT2D eigenvalue weighted by Crippen LogP contribution is 2.22. The summed E-state index contributed by atoms with van der Waals surface area (Å²) in [6.45, 7) is 1.13. The highest BCUT2D eigenvalue weighted by Gasteiger charge is 2.30. The second-order valence-electron chi connectivity index (χ2n) is 2.92. The summed E-state index contributed by atoms with van der Waals surface area (Å²) < 4.78 is 24.2. The molecule has 0 aromatic heterocycles. The molecule has 1 heterocycles. The number of thioether (sulfide) groups is 1. The molecule has 1 unspecified atom stereocenters. The normalized spacial score (nSPS) is 24.5. The highest BCUT2D eigenvalue weighted by molar-refractivity contribution is 7.99.